The summed E-state index contributed by atoms with van der Waals surface area (Å²) in [4.78, 5) is 0. The van der Waals surface area contributed by atoms with Crippen LogP contribution in [0.3, 0.4) is 0 Å². The Kier molecular flexibility index (Phi) is 14.0. The zero-order chi connectivity index (χ0) is 18.9. The van der Waals surface area contributed by atoms with Gasteiger partial charge in [-0.25, -0.2) is 0 Å². The summed E-state index contributed by atoms with van der Waals surface area (Å²) in [5, 5.41) is 10.3. The van der Waals surface area contributed by atoms with Crippen LogP contribution in [0, 0.1) is 0 Å². The van der Waals surface area contributed by atoms with Crippen molar-refractivity contribution in [3.8, 4) is 5.75 Å². The van der Waals surface area contributed by atoms with Crippen LogP contribution in [0.1, 0.15) is 108 Å². The lowest BCUT2D eigenvalue weighted by Crippen LogP contribution is -1.96. The number of hydrogen-bond acceptors (Lipinski definition) is 1. The molecule has 0 fully saturated rings. The molecule has 1 N–H and O–H groups in total. The largest absolute Gasteiger partial charge is 0.508 e. The topological polar surface area (TPSA) is 20.2 Å². The Balaban J connectivity index is 2.24. The fourth-order valence-electron chi connectivity index (χ4n) is 3.71. The first kappa shape index (κ1) is 22.8. The highest BCUT2D eigenvalue weighted by atomic mass is 16.3. The molecule has 0 heterocycles. The molecule has 0 bridgehead atoms. The Labute approximate surface area is 162 Å². The number of allylic oxidation sites excluding steroid dienone is 1. The van der Waals surface area contributed by atoms with Crippen molar-refractivity contribution in [2.75, 3.05) is 0 Å². The molecule has 0 aliphatic heterocycles. The summed E-state index contributed by atoms with van der Waals surface area (Å²) in [6.45, 7) is 6.05. The highest BCUT2D eigenvalue weighted by Crippen LogP contribution is 2.25. The van der Waals surface area contributed by atoms with Gasteiger partial charge >= 0.3 is 0 Å². The highest BCUT2D eigenvalue weighted by Gasteiger charge is 2.07. The van der Waals surface area contributed by atoms with Crippen molar-refractivity contribution >= 4 is 0 Å². The molecule has 0 aliphatic rings. The third-order valence-corrected chi connectivity index (χ3v) is 5.38. The molecule has 0 radical (unpaired) electrons. The van der Waals surface area contributed by atoms with Crippen LogP contribution in [0.2, 0.25) is 0 Å². The Hall–Kier alpha value is -1.24. The minimum atomic E-state index is 0.511. The average molecular weight is 359 g/mol. The normalized spacial score (nSPS) is 11.0. The van der Waals surface area contributed by atoms with E-state index in [1.165, 1.54) is 94.6 Å². The van der Waals surface area contributed by atoms with Crippen LogP contribution < -0.4 is 0 Å². The van der Waals surface area contributed by atoms with Gasteiger partial charge in [0, 0.05) is 0 Å². The maximum Gasteiger partial charge on any atom is 0.119 e. The van der Waals surface area contributed by atoms with E-state index in [9.17, 15) is 5.11 Å². The van der Waals surface area contributed by atoms with Gasteiger partial charge in [-0.15, -0.1) is 6.58 Å². The molecule has 1 aromatic rings. The Morgan fingerprint density at radius 3 is 2.00 bits per heavy atom. The van der Waals surface area contributed by atoms with E-state index in [1.807, 2.05) is 18.2 Å². The summed E-state index contributed by atoms with van der Waals surface area (Å²) in [6.07, 6.45) is 22.5. The molecule has 26 heavy (non-hydrogen) atoms. The van der Waals surface area contributed by atoms with E-state index < -0.39 is 0 Å². The first-order chi connectivity index (χ1) is 12.8. The first-order valence-corrected chi connectivity index (χ1v) is 11.2. The smallest absolute Gasteiger partial charge is 0.119 e. The van der Waals surface area contributed by atoms with E-state index in [2.05, 4.69) is 19.6 Å². The second-order valence-corrected chi connectivity index (χ2v) is 7.73. The molecule has 1 heteroatoms. The lowest BCUT2D eigenvalue weighted by atomic mass is 9.95. The van der Waals surface area contributed by atoms with E-state index in [-0.39, 0.29) is 0 Å². The third-order valence-electron chi connectivity index (χ3n) is 5.38. The molecule has 0 aromatic heterocycles. The molecule has 0 spiro atoms. The van der Waals surface area contributed by atoms with E-state index >= 15 is 0 Å². The van der Waals surface area contributed by atoms with Crippen molar-refractivity contribution < 1.29 is 5.11 Å². The molecular weight excluding hydrogens is 316 g/mol. The molecule has 148 valence electrons. The monoisotopic (exact) mass is 358 g/mol. The summed E-state index contributed by atoms with van der Waals surface area (Å²) in [5.74, 6) is 0.511. The number of phenols is 1. The van der Waals surface area contributed by atoms with Crippen molar-refractivity contribution in [2.24, 2.45) is 0 Å². The van der Waals surface area contributed by atoms with Crippen molar-refractivity contribution in [3.63, 3.8) is 0 Å². The van der Waals surface area contributed by atoms with Crippen LogP contribution >= 0.6 is 0 Å². The predicted molar refractivity (Wildman–Crippen MR) is 116 cm³/mol. The van der Waals surface area contributed by atoms with Crippen molar-refractivity contribution in [1.82, 2.24) is 0 Å². The molecule has 0 saturated heterocycles. The number of aromatic hydroxyl groups is 1. The van der Waals surface area contributed by atoms with Gasteiger partial charge in [0.2, 0.25) is 0 Å². The molecule has 0 saturated carbocycles. The van der Waals surface area contributed by atoms with Crippen LogP contribution in [0.15, 0.2) is 30.9 Å². The van der Waals surface area contributed by atoms with Gasteiger partial charge in [0.1, 0.15) is 5.75 Å². The lowest BCUT2D eigenvalue weighted by molar-refractivity contribution is 0.464. The molecular formula is C25H42O. The summed E-state index contributed by atoms with van der Waals surface area (Å²) >= 11 is 0. The van der Waals surface area contributed by atoms with Crippen LogP contribution in [-0.2, 0) is 12.8 Å². The minimum absolute atomic E-state index is 0.511. The lowest BCUT2D eigenvalue weighted by Gasteiger charge is -2.12. The second kappa shape index (κ2) is 16.0. The van der Waals surface area contributed by atoms with Crippen LogP contribution in [0.25, 0.3) is 0 Å². The van der Waals surface area contributed by atoms with Crippen LogP contribution in [0.5, 0.6) is 5.75 Å². The summed E-state index contributed by atoms with van der Waals surface area (Å²) < 4.78 is 0. The Bertz CT molecular complexity index is 463. The van der Waals surface area contributed by atoms with Crippen molar-refractivity contribution in [3.05, 3.63) is 42.0 Å². The Morgan fingerprint density at radius 1 is 0.769 bits per heavy atom. The van der Waals surface area contributed by atoms with Gasteiger partial charge in [-0.3, -0.25) is 0 Å². The van der Waals surface area contributed by atoms with Gasteiger partial charge in [-0.05, 0) is 55.7 Å². The number of rotatable bonds is 17. The Morgan fingerprint density at radius 2 is 1.35 bits per heavy atom. The van der Waals surface area contributed by atoms with Gasteiger partial charge in [0.15, 0.2) is 0 Å². The maximum atomic E-state index is 10.3. The van der Waals surface area contributed by atoms with Crippen molar-refractivity contribution in [1.29, 1.82) is 0 Å². The van der Waals surface area contributed by atoms with E-state index in [1.54, 1.807) is 0 Å². The second-order valence-electron chi connectivity index (χ2n) is 7.73. The van der Waals surface area contributed by atoms with Gasteiger partial charge in [-0.1, -0.05) is 89.3 Å². The molecule has 1 rings (SSSR count). The third kappa shape index (κ3) is 10.7. The standard InChI is InChI=1S/C25H42O/c1-3-5-7-9-11-13-15-17-21-24-23(20-18-22-25(24)26)19-16-14-12-10-8-6-4-2/h3,18,20,22,26H,1,4-17,19,21H2,2H3. The van der Waals surface area contributed by atoms with Crippen molar-refractivity contribution in [2.45, 2.75) is 110 Å². The van der Waals surface area contributed by atoms with Crippen LogP contribution in [0.4, 0.5) is 0 Å². The maximum absolute atomic E-state index is 10.3. The highest BCUT2D eigenvalue weighted by molar-refractivity contribution is 5.39. The zero-order valence-electron chi connectivity index (χ0n) is 17.3. The minimum Gasteiger partial charge on any atom is -0.508 e. The number of unbranched alkanes of at least 4 members (excludes halogenated alkanes) is 12. The quantitative estimate of drug-likeness (QED) is 0.220. The number of aryl methyl sites for hydroxylation is 1. The summed E-state index contributed by atoms with van der Waals surface area (Å²) in [7, 11) is 0. The van der Waals surface area contributed by atoms with Gasteiger partial charge < -0.3 is 5.11 Å². The molecule has 0 aliphatic carbocycles. The average Bonchev–Trinajstić information content (AvgIpc) is 2.64. The SMILES string of the molecule is C=CCCCCCCCCc1c(O)cccc1CCCCCCCCC. The van der Waals surface area contributed by atoms with E-state index in [0.717, 1.165) is 19.3 Å². The predicted octanol–water partition coefficient (Wildman–Crippen LogP) is 8.14. The first-order valence-electron chi connectivity index (χ1n) is 11.2. The summed E-state index contributed by atoms with van der Waals surface area (Å²) in [5.41, 5.74) is 2.59. The number of phenolic OH excluding ortho intramolecular Hbond substituents is 1. The van der Waals surface area contributed by atoms with Gasteiger partial charge in [0.25, 0.3) is 0 Å². The van der Waals surface area contributed by atoms with E-state index in [0.29, 0.717) is 5.75 Å². The zero-order valence-corrected chi connectivity index (χ0v) is 17.3. The summed E-state index contributed by atoms with van der Waals surface area (Å²) in [6, 6.07) is 6.09. The molecule has 0 atom stereocenters. The fourth-order valence-corrected chi connectivity index (χ4v) is 3.71. The van der Waals surface area contributed by atoms with Gasteiger partial charge in [-0.2, -0.15) is 0 Å². The molecule has 1 nitrogen and oxygen atoms in total. The van der Waals surface area contributed by atoms with E-state index in [4.69, 9.17) is 0 Å². The van der Waals surface area contributed by atoms with Gasteiger partial charge in [0.05, 0.1) is 0 Å². The van der Waals surface area contributed by atoms with Crippen LogP contribution in [-0.4, -0.2) is 5.11 Å². The molecule has 0 amide bonds. The number of hydrogen-bond donors (Lipinski definition) is 1. The molecule has 1 aromatic carbocycles. The number of benzene rings is 1. The fraction of sp³-hybridized carbons (Fsp3) is 0.680. The molecule has 0 unspecified atom stereocenters.